The zero-order chi connectivity index (χ0) is 5.11. The SMILES string of the molecule is OOC1CCCO1. The molecule has 0 saturated carbocycles. The fraction of sp³-hybridized carbons (Fsp3) is 1.00. The zero-order valence-corrected chi connectivity index (χ0v) is 3.96. The number of rotatable bonds is 1. The summed E-state index contributed by atoms with van der Waals surface area (Å²) in [6, 6.07) is 0. The van der Waals surface area contributed by atoms with Crippen molar-refractivity contribution in [2.75, 3.05) is 6.61 Å². The Morgan fingerprint density at radius 2 is 2.57 bits per heavy atom. The van der Waals surface area contributed by atoms with Crippen molar-refractivity contribution in [3.8, 4) is 0 Å². The molecule has 1 N–H and O–H groups in total. The van der Waals surface area contributed by atoms with Crippen LogP contribution in [0.15, 0.2) is 0 Å². The van der Waals surface area contributed by atoms with Gasteiger partial charge in [-0.15, -0.1) is 0 Å². The third kappa shape index (κ3) is 1.12. The van der Waals surface area contributed by atoms with Gasteiger partial charge in [0.2, 0.25) is 0 Å². The summed E-state index contributed by atoms with van der Waals surface area (Å²) in [6.45, 7) is 0.714. The Kier molecular flexibility index (Phi) is 1.62. The molecule has 7 heavy (non-hydrogen) atoms. The highest BCUT2D eigenvalue weighted by Crippen LogP contribution is 2.10. The molecule has 3 nitrogen and oxygen atoms in total. The van der Waals surface area contributed by atoms with Gasteiger partial charge in [-0.1, -0.05) is 0 Å². The zero-order valence-electron chi connectivity index (χ0n) is 3.96. The van der Waals surface area contributed by atoms with E-state index >= 15 is 0 Å². The predicted octanol–water partition coefficient (Wildman–Crippen LogP) is 0.613. The molecule has 3 heteroatoms. The van der Waals surface area contributed by atoms with E-state index in [1.807, 2.05) is 0 Å². The van der Waals surface area contributed by atoms with Crippen LogP contribution >= 0.6 is 0 Å². The van der Waals surface area contributed by atoms with Gasteiger partial charge in [0.1, 0.15) is 0 Å². The second-order valence-electron chi connectivity index (χ2n) is 1.55. The number of hydrogen-bond acceptors (Lipinski definition) is 3. The van der Waals surface area contributed by atoms with Crippen LogP contribution in [0, 0.1) is 0 Å². The summed E-state index contributed by atoms with van der Waals surface area (Å²) in [5, 5.41) is 7.94. The Morgan fingerprint density at radius 1 is 1.71 bits per heavy atom. The summed E-state index contributed by atoms with van der Waals surface area (Å²) < 4.78 is 4.83. The minimum atomic E-state index is -0.347. The predicted molar refractivity (Wildman–Crippen MR) is 22.7 cm³/mol. The second kappa shape index (κ2) is 2.26. The molecule has 1 aliphatic heterocycles. The maximum absolute atomic E-state index is 7.94. The smallest absolute Gasteiger partial charge is 0.190 e. The average molecular weight is 104 g/mol. The van der Waals surface area contributed by atoms with Gasteiger partial charge in [0.15, 0.2) is 6.29 Å². The van der Waals surface area contributed by atoms with Crippen molar-refractivity contribution in [1.29, 1.82) is 0 Å². The van der Waals surface area contributed by atoms with Crippen molar-refractivity contribution >= 4 is 0 Å². The van der Waals surface area contributed by atoms with E-state index in [-0.39, 0.29) is 6.29 Å². The van der Waals surface area contributed by atoms with Crippen LogP contribution in [0.4, 0.5) is 0 Å². The van der Waals surface area contributed by atoms with Crippen molar-refractivity contribution in [3.05, 3.63) is 0 Å². The van der Waals surface area contributed by atoms with Crippen molar-refractivity contribution in [1.82, 2.24) is 0 Å². The molecule has 1 unspecified atom stereocenters. The third-order valence-corrected chi connectivity index (χ3v) is 1.01. The first-order valence-electron chi connectivity index (χ1n) is 2.35. The van der Waals surface area contributed by atoms with Gasteiger partial charge in [0.05, 0.1) is 6.61 Å². The van der Waals surface area contributed by atoms with Crippen molar-refractivity contribution in [2.24, 2.45) is 0 Å². The normalized spacial score (nSPS) is 31.3. The minimum absolute atomic E-state index is 0.347. The standard InChI is InChI=1S/C4H8O3/c5-7-4-2-1-3-6-4/h4-5H,1-3H2. The first-order chi connectivity index (χ1) is 3.43. The maximum atomic E-state index is 7.94. The van der Waals surface area contributed by atoms with Crippen molar-refractivity contribution < 1.29 is 14.9 Å². The van der Waals surface area contributed by atoms with Gasteiger partial charge in [-0.25, -0.2) is 10.1 Å². The van der Waals surface area contributed by atoms with E-state index in [0.29, 0.717) is 6.61 Å². The van der Waals surface area contributed by atoms with Crippen molar-refractivity contribution in [3.63, 3.8) is 0 Å². The van der Waals surface area contributed by atoms with Gasteiger partial charge in [0.25, 0.3) is 0 Å². The molecule has 0 spiro atoms. The van der Waals surface area contributed by atoms with Gasteiger partial charge < -0.3 is 4.74 Å². The summed E-state index contributed by atoms with van der Waals surface area (Å²) in [5.74, 6) is 0. The summed E-state index contributed by atoms with van der Waals surface area (Å²) >= 11 is 0. The highest BCUT2D eigenvalue weighted by atomic mass is 17.1. The molecule has 1 heterocycles. The van der Waals surface area contributed by atoms with E-state index in [9.17, 15) is 0 Å². The van der Waals surface area contributed by atoms with E-state index in [1.54, 1.807) is 0 Å². The van der Waals surface area contributed by atoms with Crippen LogP contribution in [0.2, 0.25) is 0 Å². The van der Waals surface area contributed by atoms with E-state index in [4.69, 9.17) is 9.99 Å². The summed E-state index contributed by atoms with van der Waals surface area (Å²) in [4.78, 5) is 3.89. The van der Waals surface area contributed by atoms with E-state index in [1.165, 1.54) is 0 Å². The number of hydrogen-bond donors (Lipinski definition) is 1. The quantitative estimate of drug-likeness (QED) is 0.391. The summed E-state index contributed by atoms with van der Waals surface area (Å²) in [7, 11) is 0. The fourth-order valence-corrected chi connectivity index (χ4v) is 0.631. The lowest BCUT2D eigenvalue weighted by molar-refractivity contribution is -0.334. The molecule has 0 aromatic rings. The van der Waals surface area contributed by atoms with Crippen molar-refractivity contribution in [2.45, 2.75) is 19.1 Å². The van der Waals surface area contributed by atoms with Crippen LogP contribution in [-0.4, -0.2) is 18.2 Å². The first-order valence-corrected chi connectivity index (χ1v) is 2.35. The molecule has 0 radical (unpaired) electrons. The van der Waals surface area contributed by atoms with Gasteiger partial charge in [-0.05, 0) is 6.42 Å². The molecule has 42 valence electrons. The monoisotopic (exact) mass is 104 g/mol. The Balaban J connectivity index is 2.14. The van der Waals surface area contributed by atoms with E-state index < -0.39 is 0 Å². The van der Waals surface area contributed by atoms with Gasteiger partial charge >= 0.3 is 0 Å². The van der Waals surface area contributed by atoms with Crippen LogP contribution < -0.4 is 0 Å². The second-order valence-corrected chi connectivity index (χ2v) is 1.55. The van der Waals surface area contributed by atoms with Gasteiger partial charge in [-0.2, -0.15) is 0 Å². The average Bonchev–Trinajstić information content (AvgIpc) is 2.14. The van der Waals surface area contributed by atoms with E-state index in [0.717, 1.165) is 12.8 Å². The molecule has 0 aromatic heterocycles. The summed E-state index contributed by atoms with van der Waals surface area (Å²) in [6.07, 6.45) is 1.46. The number of ether oxygens (including phenoxy) is 1. The Hall–Kier alpha value is -0.120. The van der Waals surface area contributed by atoms with Crippen LogP contribution in [0.25, 0.3) is 0 Å². The molecular weight excluding hydrogens is 96.0 g/mol. The lowest BCUT2D eigenvalue weighted by Crippen LogP contribution is -2.06. The highest BCUT2D eigenvalue weighted by molar-refractivity contribution is 4.51. The van der Waals surface area contributed by atoms with E-state index in [2.05, 4.69) is 4.89 Å². The molecule has 0 bridgehead atoms. The topological polar surface area (TPSA) is 38.7 Å². The van der Waals surface area contributed by atoms with Crippen LogP contribution in [0.5, 0.6) is 0 Å². The van der Waals surface area contributed by atoms with Gasteiger partial charge in [0, 0.05) is 6.42 Å². The largest absolute Gasteiger partial charge is 0.350 e. The Morgan fingerprint density at radius 3 is 2.86 bits per heavy atom. The lowest BCUT2D eigenvalue weighted by Gasteiger charge is -2.00. The molecule has 1 atom stereocenters. The molecule has 1 aliphatic rings. The summed E-state index contributed by atoms with van der Waals surface area (Å²) in [5.41, 5.74) is 0. The Bertz CT molecular complexity index is 48.9. The van der Waals surface area contributed by atoms with Crippen LogP contribution in [0.1, 0.15) is 12.8 Å². The molecule has 0 aromatic carbocycles. The Labute approximate surface area is 41.8 Å². The highest BCUT2D eigenvalue weighted by Gasteiger charge is 2.14. The molecule has 0 aliphatic carbocycles. The molecule has 1 rings (SSSR count). The molecule has 1 saturated heterocycles. The van der Waals surface area contributed by atoms with Crippen LogP contribution in [0.3, 0.4) is 0 Å². The lowest BCUT2D eigenvalue weighted by atomic mass is 10.4. The van der Waals surface area contributed by atoms with Crippen LogP contribution in [-0.2, 0) is 9.62 Å². The molecule has 1 fully saturated rings. The molecular formula is C4H8O3. The van der Waals surface area contributed by atoms with Gasteiger partial charge in [-0.3, -0.25) is 0 Å². The minimum Gasteiger partial charge on any atom is -0.350 e. The third-order valence-electron chi connectivity index (χ3n) is 1.01. The maximum Gasteiger partial charge on any atom is 0.190 e. The molecule has 0 amide bonds. The first kappa shape index (κ1) is 5.03. The fourth-order valence-electron chi connectivity index (χ4n) is 0.631.